The Labute approximate surface area is 219 Å². The van der Waals surface area contributed by atoms with E-state index in [0.29, 0.717) is 16.6 Å². The number of likely N-dealkylation sites (tertiary alicyclic amines) is 2. The number of aromatic nitrogens is 1. The Hall–Kier alpha value is -1.26. The minimum Gasteiger partial charge on any atom is -1.00 e. The van der Waals surface area contributed by atoms with Crippen molar-refractivity contribution in [1.82, 2.24) is 15.0 Å². The second-order valence-corrected chi connectivity index (χ2v) is 12.1. The number of carbonyl (C=O) groups excluding carboxylic acids is 2. The van der Waals surface area contributed by atoms with E-state index in [4.69, 9.17) is 16.1 Å². The fourth-order valence-corrected chi connectivity index (χ4v) is 7.75. The lowest BCUT2D eigenvalue weighted by Gasteiger charge is -2.30. The van der Waals surface area contributed by atoms with Gasteiger partial charge in [-0.25, -0.2) is 0 Å². The lowest BCUT2D eigenvalue weighted by Crippen LogP contribution is -3.00. The fourth-order valence-electron chi connectivity index (χ4n) is 6.76. The monoisotopic (exact) mass is 568 g/mol. The second kappa shape index (κ2) is 9.32. The highest BCUT2D eigenvalue weighted by Gasteiger charge is 2.63. The number of rotatable bonds is 6. The molecule has 0 aromatic carbocycles. The number of amides is 2. The van der Waals surface area contributed by atoms with Crippen LogP contribution < -0.4 is 17.0 Å². The maximum Gasteiger partial charge on any atom is 0.235 e. The van der Waals surface area contributed by atoms with Gasteiger partial charge in [-0.1, -0.05) is 16.8 Å². The number of hydrogen-bond donors (Lipinski definition) is 0. The Bertz CT molecular complexity index is 1080. The van der Waals surface area contributed by atoms with E-state index in [9.17, 15) is 9.59 Å². The van der Waals surface area contributed by atoms with Gasteiger partial charge >= 0.3 is 0 Å². The van der Waals surface area contributed by atoms with Gasteiger partial charge in [0.15, 0.2) is 5.76 Å². The number of hydrogen-bond acceptors (Lipinski definition) is 6. The molecular formula is C24H30BrClN4O3S. The number of imide groups is 1. The number of thiophene rings is 1. The van der Waals surface area contributed by atoms with Crippen molar-refractivity contribution in [3.63, 3.8) is 0 Å². The van der Waals surface area contributed by atoms with Crippen molar-refractivity contribution in [1.29, 1.82) is 0 Å². The molecule has 0 saturated carbocycles. The second-order valence-electron chi connectivity index (χ2n) is 10.3. The molecule has 2 amide bonds. The number of quaternary nitrogens is 1. The van der Waals surface area contributed by atoms with Crippen LogP contribution in [0, 0.1) is 11.8 Å². The summed E-state index contributed by atoms with van der Waals surface area (Å²) in [7, 11) is 2.30. The smallest absolute Gasteiger partial charge is 0.235 e. The summed E-state index contributed by atoms with van der Waals surface area (Å²) in [6.45, 7) is 4.87. The summed E-state index contributed by atoms with van der Waals surface area (Å²) < 4.78 is 7.42. The van der Waals surface area contributed by atoms with Gasteiger partial charge in [0.1, 0.15) is 5.69 Å². The van der Waals surface area contributed by atoms with Gasteiger partial charge in [0, 0.05) is 37.9 Å². The first-order valence-corrected chi connectivity index (χ1v) is 13.3. The zero-order chi connectivity index (χ0) is 22.7. The van der Waals surface area contributed by atoms with Gasteiger partial charge in [0.2, 0.25) is 11.8 Å². The van der Waals surface area contributed by atoms with Crippen molar-refractivity contribution in [2.45, 2.75) is 44.2 Å². The third kappa shape index (κ3) is 3.97. The third-order valence-electron chi connectivity index (χ3n) is 8.32. The molecule has 4 saturated heterocycles. The summed E-state index contributed by atoms with van der Waals surface area (Å²) in [5.41, 5.74) is 0.757. The zero-order valence-electron chi connectivity index (χ0n) is 19.3. The van der Waals surface area contributed by atoms with E-state index < -0.39 is 0 Å². The Morgan fingerprint density at radius 3 is 2.68 bits per heavy atom. The fraction of sp³-hybridized carbons (Fsp3) is 0.625. The molecule has 184 valence electrons. The topological polar surface area (TPSA) is 66.7 Å². The van der Waals surface area contributed by atoms with Gasteiger partial charge in [0.05, 0.1) is 53.8 Å². The van der Waals surface area contributed by atoms with Crippen LogP contribution >= 0.6 is 22.9 Å². The summed E-state index contributed by atoms with van der Waals surface area (Å²) >= 11 is 7.54. The summed E-state index contributed by atoms with van der Waals surface area (Å²) in [5.74, 6) is 0.0684. The minimum atomic E-state index is -0.357. The number of fused-ring (bicyclic) bond motifs is 3. The third-order valence-corrected chi connectivity index (χ3v) is 9.56. The molecule has 4 aliphatic heterocycles. The predicted molar refractivity (Wildman–Crippen MR) is 126 cm³/mol. The largest absolute Gasteiger partial charge is 1.00 e. The molecule has 0 aliphatic carbocycles. The molecule has 7 nitrogen and oxygen atoms in total. The van der Waals surface area contributed by atoms with Crippen LogP contribution in [0.3, 0.4) is 0 Å². The first-order chi connectivity index (χ1) is 16.0. The number of nitrogens with zero attached hydrogens (tertiary/aromatic N) is 4. The molecule has 0 spiro atoms. The Balaban J connectivity index is 0.00000241. The molecule has 0 radical (unpaired) electrons. The summed E-state index contributed by atoms with van der Waals surface area (Å²) in [6, 6.07) is 5.63. The molecule has 0 N–H and O–H groups in total. The summed E-state index contributed by atoms with van der Waals surface area (Å²) in [4.78, 5) is 31.9. The van der Waals surface area contributed by atoms with Crippen molar-refractivity contribution in [2.24, 2.45) is 11.8 Å². The highest BCUT2D eigenvalue weighted by molar-refractivity contribution is 7.19. The maximum atomic E-state index is 13.6. The van der Waals surface area contributed by atoms with E-state index in [1.165, 1.54) is 37.3 Å². The van der Waals surface area contributed by atoms with Crippen LogP contribution in [-0.2, 0) is 9.59 Å². The molecule has 0 bridgehead atoms. The Kier molecular flexibility index (Phi) is 6.70. The van der Waals surface area contributed by atoms with Crippen molar-refractivity contribution >= 4 is 34.8 Å². The molecule has 2 aromatic rings. The van der Waals surface area contributed by atoms with Crippen LogP contribution in [0.5, 0.6) is 0 Å². The van der Waals surface area contributed by atoms with E-state index in [1.807, 2.05) is 18.2 Å². The van der Waals surface area contributed by atoms with Crippen LogP contribution in [-0.4, -0.2) is 77.1 Å². The number of carbonyl (C=O) groups is 2. The van der Waals surface area contributed by atoms with Gasteiger partial charge in [0.25, 0.3) is 0 Å². The average molecular weight is 570 g/mol. The van der Waals surface area contributed by atoms with Crippen LogP contribution in [0.15, 0.2) is 22.7 Å². The quantitative estimate of drug-likeness (QED) is 0.381. The first kappa shape index (κ1) is 24.4. The summed E-state index contributed by atoms with van der Waals surface area (Å²) in [5, 5.41) is 4.38. The highest BCUT2D eigenvalue weighted by Crippen LogP contribution is 2.53. The van der Waals surface area contributed by atoms with Crippen LogP contribution in [0.1, 0.15) is 43.8 Å². The standard InChI is InChI=1S/C24H30ClN4O3S.BrH/c1-29(11-2-3-12-29)13-5-10-28-23(30)20-16-6-4-9-27(16)22(21(20)24(28)31)15-14-17(32-26-15)18-7-8-19(25)33-18;/h7-8,14,16,20-22H,2-6,9-13H2,1H3;1H/q+1;/p-1/t16-,20-,21-,22-;/m0./s1. The van der Waals surface area contributed by atoms with Crippen LogP contribution in [0.25, 0.3) is 10.6 Å². The Morgan fingerprint density at radius 1 is 1.18 bits per heavy atom. The first-order valence-electron chi connectivity index (χ1n) is 12.1. The van der Waals surface area contributed by atoms with Gasteiger partial charge in [-0.05, 0) is 31.5 Å². The van der Waals surface area contributed by atoms with Gasteiger partial charge in [-0.2, -0.15) is 0 Å². The zero-order valence-corrected chi connectivity index (χ0v) is 22.4. The highest BCUT2D eigenvalue weighted by atomic mass is 79.9. The molecular weight excluding hydrogens is 540 g/mol. The van der Waals surface area contributed by atoms with Crippen molar-refractivity contribution in [3.05, 3.63) is 28.2 Å². The van der Waals surface area contributed by atoms with Crippen molar-refractivity contribution in [2.75, 3.05) is 39.8 Å². The van der Waals surface area contributed by atoms with E-state index in [-0.39, 0.29) is 52.7 Å². The SMILES string of the molecule is C[N+]1(CCCN2C(=O)[C@@H]3[C@H](C2=O)[C@H](c2cc(-c4ccc(Cl)s4)on2)N2CCC[C@@H]32)CCCC1.[Br-]. The normalized spacial score (nSPS) is 30.1. The van der Waals surface area contributed by atoms with Crippen molar-refractivity contribution in [3.8, 4) is 10.6 Å². The van der Waals surface area contributed by atoms with E-state index >= 15 is 0 Å². The lowest BCUT2D eigenvalue weighted by molar-refractivity contribution is -0.897. The lowest BCUT2D eigenvalue weighted by atomic mass is 9.86. The van der Waals surface area contributed by atoms with E-state index in [1.54, 1.807) is 4.90 Å². The molecule has 4 aliphatic rings. The minimum absolute atomic E-state index is 0. The van der Waals surface area contributed by atoms with Gasteiger partial charge in [-0.3, -0.25) is 19.4 Å². The van der Waals surface area contributed by atoms with Gasteiger partial charge < -0.3 is 26.0 Å². The van der Waals surface area contributed by atoms with E-state index in [0.717, 1.165) is 47.4 Å². The maximum absolute atomic E-state index is 13.6. The molecule has 4 fully saturated rings. The van der Waals surface area contributed by atoms with Gasteiger partial charge in [-0.15, -0.1) is 11.3 Å². The summed E-state index contributed by atoms with van der Waals surface area (Å²) in [6.07, 6.45) is 5.44. The molecule has 10 heteroatoms. The molecule has 4 atom stereocenters. The number of halogens is 2. The van der Waals surface area contributed by atoms with Crippen molar-refractivity contribution < 1.29 is 35.6 Å². The molecule has 0 unspecified atom stereocenters. The molecule has 34 heavy (non-hydrogen) atoms. The molecule has 6 rings (SSSR count). The molecule has 2 aromatic heterocycles. The van der Waals surface area contributed by atoms with Crippen LogP contribution in [0.4, 0.5) is 0 Å². The molecule has 6 heterocycles. The van der Waals surface area contributed by atoms with Crippen LogP contribution in [0.2, 0.25) is 4.34 Å². The van der Waals surface area contributed by atoms with E-state index in [2.05, 4.69) is 17.1 Å². The average Bonchev–Trinajstić information content (AvgIpc) is 3.59. The Morgan fingerprint density at radius 2 is 1.94 bits per heavy atom. The predicted octanol–water partition coefficient (Wildman–Crippen LogP) is 0.811.